The first-order valence-electron chi connectivity index (χ1n) is 15.8. The highest BCUT2D eigenvalue weighted by atomic mass is 16.2. The van der Waals surface area contributed by atoms with Gasteiger partial charge in [0.1, 0.15) is 11.9 Å². The number of likely N-dealkylation sites (tertiary alicyclic amines) is 1. The number of carbonyl (C=O) groups is 2. The van der Waals surface area contributed by atoms with E-state index in [-0.39, 0.29) is 30.3 Å². The molecule has 7 N–H and O–H groups in total. The van der Waals surface area contributed by atoms with Gasteiger partial charge in [0.2, 0.25) is 11.8 Å². The number of primary amides is 1. The van der Waals surface area contributed by atoms with Crippen molar-refractivity contribution in [3.8, 4) is 6.07 Å². The summed E-state index contributed by atoms with van der Waals surface area (Å²) in [5, 5.41) is 12.8. The molecule has 44 heavy (non-hydrogen) atoms. The summed E-state index contributed by atoms with van der Waals surface area (Å²) < 4.78 is 0. The zero-order valence-corrected chi connectivity index (χ0v) is 25.7. The maximum Gasteiger partial charge on any atom is 0.248 e. The van der Waals surface area contributed by atoms with Gasteiger partial charge >= 0.3 is 0 Å². The molecule has 2 aromatic carbocycles. The predicted octanol–water partition coefficient (Wildman–Crippen LogP) is 3.97. The fraction of sp³-hybridized carbons (Fsp3) is 0.486. The molecule has 5 rings (SSSR count). The summed E-state index contributed by atoms with van der Waals surface area (Å²) in [5.41, 5.74) is 23.8. The van der Waals surface area contributed by atoms with Gasteiger partial charge in [-0.05, 0) is 118 Å². The van der Waals surface area contributed by atoms with Crippen molar-refractivity contribution in [2.75, 3.05) is 19.6 Å². The van der Waals surface area contributed by atoms with Gasteiger partial charge in [-0.2, -0.15) is 5.26 Å². The Labute approximate surface area is 260 Å². The first-order chi connectivity index (χ1) is 21.1. The maximum absolute atomic E-state index is 13.0. The number of nitrogens with zero attached hydrogens (tertiary/aromatic N) is 3. The van der Waals surface area contributed by atoms with Crippen LogP contribution in [0.4, 0.5) is 5.69 Å². The van der Waals surface area contributed by atoms with Gasteiger partial charge < -0.3 is 27.4 Å². The van der Waals surface area contributed by atoms with Gasteiger partial charge in [-0.25, -0.2) is 4.99 Å². The Balaban J connectivity index is 1.55. The molecule has 9 heteroatoms. The van der Waals surface area contributed by atoms with Crippen molar-refractivity contribution < 1.29 is 9.59 Å². The van der Waals surface area contributed by atoms with Crippen LogP contribution in [0.5, 0.6) is 0 Å². The molecule has 232 valence electrons. The molecule has 0 radical (unpaired) electrons. The highest BCUT2D eigenvalue weighted by Gasteiger charge is 2.51. The molecule has 2 aromatic rings. The maximum atomic E-state index is 13.0. The monoisotopic (exact) mass is 595 g/mol. The fourth-order valence-electron chi connectivity index (χ4n) is 7.91. The van der Waals surface area contributed by atoms with Gasteiger partial charge in [-0.1, -0.05) is 30.3 Å². The molecule has 0 aromatic heterocycles. The van der Waals surface area contributed by atoms with E-state index >= 15 is 0 Å². The van der Waals surface area contributed by atoms with Crippen LogP contribution in [0.2, 0.25) is 0 Å². The minimum Gasteiger partial charge on any atom is -0.402 e. The zero-order chi connectivity index (χ0) is 31.4. The van der Waals surface area contributed by atoms with E-state index in [1.165, 1.54) is 0 Å². The summed E-state index contributed by atoms with van der Waals surface area (Å²) in [4.78, 5) is 32.0. The molecule has 3 aliphatic rings. The van der Waals surface area contributed by atoms with E-state index < -0.39 is 11.3 Å². The third-order valence-corrected chi connectivity index (χ3v) is 10.2. The molecule has 0 bridgehead atoms. The first kappa shape index (κ1) is 31.3. The number of amidine groups is 1. The Morgan fingerprint density at radius 3 is 2.59 bits per heavy atom. The molecule has 2 aliphatic carbocycles. The minimum atomic E-state index is -0.655. The molecule has 1 heterocycles. The number of hydrogen-bond acceptors (Lipinski definition) is 6. The second-order valence-corrected chi connectivity index (χ2v) is 12.8. The third kappa shape index (κ3) is 6.22. The van der Waals surface area contributed by atoms with Crippen molar-refractivity contribution >= 4 is 23.3 Å². The van der Waals surface area contributed by atoms with Crippen molar-refractivity contribution in [1.29, 1.82) is 5.26 Å². The molecule has 1 saturated heterocycles. The van der Waals surface area contributed by atoms with E-state index in [2.05, 4.69) is 18.0 Å². The lowest BCUT2D eigenvalue weighted by Gasteiger charge is -2.47. The number of amides is 2. The van der Waals surface area contributed by atoms with E-state index in [9.17, 15) is 14.9 Å². The molecule has 0 spiro atoms. The highest BCUT2D eigenvalue weighted by molar-refractivity contribution is 5.96. The second-order valence-electron chi connectivity index (χ2n) is 12.8. The fourth-order valence-corrected chi connectivity index (χ4v) is 7.91. The number of carbonyl (C=O) groups excluding carboxylic acids is 2. The quantitative estimate of drug-likeness (QED) is 0.195. The van der Waals surface area contributed by atoms with Crippen molar-refractivity contribution in [3.05, 3.63) is 77.0 Å². The molecule has 9 nitrogen and oxygen atoms in total. The summed E-state index contributed by atoms with van der Waals surface area (Å²) in [6.07, 6.45) is 6.65. The molecule has 2 fully saturated rings. The molecular formula is C35H45N7O2. The number of nitrogens with two attached hydrogens (primary N) is 3. The second kappa shape index (κ2) is 13.2. The minimum absolute atomic E-state index is 0.0587. The number of benzene rings is 2. The van der Waals surface area contributed by atoms with Crippen LogP contribution in [-0.2, 0) is 16.6 Å². The van der Waals surface area contributed by atoms with Gasteiger partial charge in [0.05, 0.1) is 23.7 Å². The van der Waals surface area contributed by atoms with Gasteiger partial charge in [-0.3, -0.25) is 9.59 Å². The lowest BCUT2D eigenvalue weighted by Crippen LogP contribution is -2.53. The Hall–Kier alpha value is -4.16. The van der Waals surface area contributed by atoms with Crippen LogP contribution in [0.25, 0.3) is 0 Å². The van der Waals surface area contributed by atoms with E-state index in [1.54, 1.807) is 11.0 Å². The molecule has 1 aliphatic heterocycles. The van der Waals surface area contributed by atoms with E-state index in [0.717, 1.165) is 73.0 Å². The van der Waals surface area contributed by atoms with Crippen molar-refractivity contribution in [2.24, 2.45) is 39.9 Å². The summed E-state index contributed by atoms with van der Waals surface area (Å²) >= 11 is 0. The lowest BCUT2D eigenvalue weighted by atomic mass is 9.57. The summed E-state index contributed by atoms with van der Waals surface area (Å²) in [5.74, 6) is 0.750. The van der Waals surface area contributed by atoms with Crippen molar-refractivity contribution in [3.63, 3.8) is 0 Å². The van der Waals surface area contributed by atoms with E-state index in [0.29, 0.717) is 36.8 Å². The van der Waals surface area contributed by atoms with E-state index in [4.69, 9.17) is 22.2 Å². The summed E-state index contributed by atoms with van der Waals surface area (Å²) in [6.45, 7) is 7.41. The van der Waals surface area contributed by atoms with Crippen LogP contribution in [0.15, 0.2) is 59.7 Å². The smallest absolute Gasteiger partial charge is 0.248 e. The number of aliphatic imine (C=N–C) groups is 1. The molecular weight excluding hydrogens is 550 g/mol. The number of nitriles is 1. The number of fused-ring (bicyclic) bond motifs is 2. The summed E-state index contributed by atoms with van der Waals surface area (Å²) in [6, 6.07) is 15.7. The molecule has 5 atom stereocenters. The highest BCUT2D eigenvalue weighted by Crippen LogP contribution is 2.53. The van der Waals surface area contributed by atoms with Gasteiger partial charge in [0.15, 0.2) is 0 Å². The van der Waals surface area contributed by atoms with Crippen LogP contribution >= 0.6 is 0 Å². The van der Waals surface area contributed by atoms with Crippen LogP contribution in [0.1, 0.15) is 72.0 Å². The van der Waals surface area contributed by atoms with Crippen molar-refractivity contribution in [2.45, 2.75) is 69.7 Å². The third-order valence-electron chi connectivity index (χ3n) is 10.2. The number of rotatable bonds is 9. The summed E-state index contributed by atoms with van der Waals surface area (Å²) in [7, 11) is 0. The lowest BCUT2D eigenvalue weighted by molar-refractivity contribution is -0.130. The number of allylic oxidation sites excluding steroid dienone is 1. The number of nitrogens with one attached hydrogen (secondary N) is 1. The van der Waals surface area contributed by atoms with Crippen LogP contribution < -0.4 is 22.5 Å². The largest absolute Gasteiger partial charge is 0.402 e. The van der Waals surface area contributed by atoms with Crippen molar-refractivity contribution in [1.82, 2.24) is 10.2 Å². The van der Waals surface area contributed by atoms with Gasteiger partial charge in [0, 0.05) is 17.8 Å². The number of hydrogen-bond donors (Lipinski definition) is 4. The Kier molecular flexibility index (Phi) is 9.40. The molecule has 2 amide bonds. The SMILES string of the molecule is C=C(N)C1CCC2C(CCc3cc(C(N)=O)ccc3C2(CCNCC(=O)N2CCCC2C#N)C(N)=Nc2ccc(C)cc2)C1. The predicted molar refractivity (Wildman–Crippen MR) is 173 cm³/mol. The average molecular weight is 596 g/mol. The normalized spacial score (nSPS) is 26.6. The molecule has 5 unspecified atom stereocenters. The van der Waals surface area contributed by atoms with Gasteiger partial charge in [-0.15, -0.1) is 0 Å². The number of aryl methyl sites for hydroxylation is 2. The van der Waals surface area contributed by atoms with Crippen LogP contribution in [0, 0.1) is 36.0 Å². The average Bonchev–Trinajstić information content (AvgIpc) is 3.45. The van der Waals surface area contributed by atoms with E-state index in [1.807, 2.05) is 43.3 Å². The Bertz CT molecular complexity index is 1480. The van der Waals surface area contributed by atoms with Gasteiger partial charge in [0.25, 0.3) is 0 Å². The molecule has 1 saturated carbocycles. The van der Waals surface area contributed by atoms with Crippen LogP contribution in [-0.4, -0.2) is 48.2 Å². The topological polar surface area (TPSA) is 164 Å². The van der Waals surface area contributed by atoms with Crippen LogP contribution in [0.3, 0.4) is 0 Å². The Morgan fingerprint density at radius 1 is 1.11 bits per heavy atom. The standard InChI is InChI=1S/C35H45N7O2/c1-22-5-11-28(12-6-22)41-34(39)35(15-16-40-21-32(43)42-17-3-4-29(42)20-36)30-13-9-24(23(2)37)18-25(30)7-8-26-19-27(33(38)44)10-14-31(26)35/h5-6,10-12,14,19,24-25,29-30,40H,2-4,7-9,13,15-18,21,37H2,1H3,(H2,38,44)(H2,39,41). The first-order valence-corrected chi connectivity index (χ1v) is 15.8. The Morgan fingerprint density at radius 2 is 1.89 bits per heavy atom. The zero-order valence-electron chi connectivity index (χ0n) is 25.7.